The quantitative estimate of drug-likeness (QED) is 0.893. The highest BCUT2D eigenvalue weighted by Crippen LogP contribution is 2.17. The van der Waals surface area contributed by atoms with Crippen LogP contribution in [-0.2, 0) is 0 Å². The Morgan fingerprint density at radius 3 is 2.50 bits per heavy atom. The molecule has 5 heteroatoms. The molecule has 2 aromatic rings. The van der Waals surface area contributed by atoms with Gasteiger partial charge in [-0.05, 0) is 24.3 Å². The minimum atomic E-state index is -0.339. The van der Waals surface area contributed by atoms with Crippen molar-refractivity contribution in [2.45, 2.75) is 0 Å². The third kappa shape index (κ3) is 4.03. The monoisotopic (exact) mass is 267 g/mol. The predicted octanol–water partition coefficient (Wildman–Crippen LogP) is 3.23. The maximum absolute atomic E-state index is 11.8. The van der Waals surface area contributed by atoms with Gasteiger partial charge in [0.2, 0.25) is 0 Å². The van der Waals surface area contributed by atoms with E-state index in [1.165, 1.54) is 0 Å². The molecule has 0 atom stereocenters. The molecular formula is C15H13N3O2. The van der Waals surface area contributed by atoms with E-state index >= 15 is 0 Å². The largest absolute Gasteiger partial charge is 0.479 e. The molecule has 2 aromatic carbocycles. The molecule has 0 unspecified atom stereocenters. The van der Waals surface area contributed by atoms with Crippen LogP contribution in [0.5, 0.6) is 5.75 Å². The third-order valence-corrected chi connectivity index (χ3v) is 2.43. The topological polar surface area (TPSA) is 74.1 Å². The number of anilines is 2. The molecule has 0 aliphatic heterocycles. The Hall–Kier alpha value is -3.00. The van der Waals surface area contributed by atoms with Crippen molar-refractivity contribution in [1.82, 2.24) is 0 Å². The average Bonchev–Trinajstić information content (AvgIpc) is 2.46. The van der Waals surface area contributed by atoms with Crippen LogP contribution in [0.3, 0.4) is 0 Å². The predicted molar refractivity (Wildman–Crippen MR) is 76.6 cm³/mol. The van der Waals surface area contributed by atoms with Crippen molar-refractivity contribution >= 4 is 17.4 Å². The number of benzene rings is 2. The van der Waals surface area contributed by atoms with Crippen LogP contribution in [0.25, 0.3) is 0 Å². The van der Waals surface area contributed by atoms with Crippen LogP contribution in [0.15, 0.2) is 54.6 Å². The highest BCUT2D eigenvalue weighted by atomic mass is 16.5. The molecule has 2 N–H and O–H groups in total. The Labute approximate surface area is 116 Å². The molecular weight excluding hydrogens is 254 g/mol. The number of carbonyl (C=O) groups is 1. The van der Waals surface area contributed by atoms with Gasteiger partial charge in [-0.3, -0.25) is 0 Å². The van der Waals surface area contributed by atoms with Gasteiger partial charge in [-0.15, -0.1) is 0 Å². The molecule has 2 rings (SSSR count). The lowest BCUT2D eigenvalue weighted by atomic mass is 10.3. The minimum Gasteiger partial charge on any atom is -0.479 e. The van der Waals surface area contributed by atoms with E-state index in [4.69, 9.17) is 10.00 Å². The Balaban J connectivity index is 1.96. The smallest absolute Gasteiger partial charge is 0.323 e. The average molecular weight is 267 g/mol. The summed E-state index contributed by atoms with van der Waals surface area (Å²) in [7, 11) is 0. The van der Waals surface area contributed by atoms with Gasteiger partial charge in [0.25, 0.3) is 0 Å². The van der Waals surface area contributed by atoms with E-state index < -0.39 is 0 Å². The second kappa shape index (κ2) is 6.81. The highest BCUT2D eigenvalue weighted by molar-refractivity contribution is 5.99. The first-order chi connectivity index (χ1) is 9.78. The lowest BCUT2D eigenvalue weighted by molar-refractivity contribution is 0.262. The number of hydrogen-bond donors (Lipinski definition) is 2. The van der Waals surface area contributed by atoms with Gasteiger partial charge in [-0.2, -0.15) is 5.26 Å². The first-order valence-electron chi connectivity index (χ1n) is 6.01. The van der Waals surface area contributed by atoms with E-state index in [9.17, 15) is 4.79 Å². The fraction of sp³-hybridized carbons (Fsp3) is 0.0667. The van der Waals surface area contributed by atoms with Crippen molar-refractivity contribution < 1.29 is 9.53 Å². The van der Waals surface area contributed by atoms with E-state index in [2.05, 4.69) is 10.6 Å². The standard InChI is InChI=1S/C15H13N3O2/c16-9-10-20-14-8-4-7-13(11-14)18-15(19)17-12-5-2-1-3-6-12/h1-8,11H,10H2,(H2,17,18,19). The molecule has 0 saturated carbocycles. The summed E-state index contributed by atoms with van der Waals surface area (Å²) in [4.78, 5) is 11.8. The lowest BCUT2D eigenvalue weighted by Gasteiger charge is -2.08. The van der Waals surface area contributed by atoms with Gasteiger partial charge in [0.1, 0.15) is 11.8 Å². The Kier molecular flexibility index (Phi) is 4.57. The van der Waals surface area contributed by atoms with Gasteiger partial charge >= 0.3 is 6.03 Å². The van der Waals surface area contributed by atoms with Crippen molar-refractivity contribution in [3.8, 4) is 11.8 Å². The molecule has 0 aliphatic carbocycles. The number of rotatable bonds is 4. The van der Waals surface area contributed by atoms with Gasteiger partial charge in [0.15, 0.2) is 6.61 Å². The summed E-state index contributed by atoms with van der Waals surface area (Å²) in [5.41, 5.74) is 1.30. The Bertz CT molecular complexity index is 621. The van der Waals surface area contributed by atoms with Crippen molar-refractivity contribution in [1.29, 1.82) is 5.26 Å². The van der Waals surface area contributed by atoms with Gasteiger partial charge in [-0.25, -0.2) is 4.79 Å². The second-order valence-corrected chi connectivity index (χ2v) is 3.92. The summed E-state index contributed by atoms with van der Waals surface area (Å²) in [6, 6.07) is 17.6. The molecule has 0 radical (unpaired) electrons. The minimum absolute atomic E-state index is 0.0281. The molecule has 5 nitrogen and oxygen atoms in total. The molecule has 0 saturated heterocycles. The third-order valence-electron chi connectivity index (χ3n) is 2.43. The maximum atomic E-state index is 11.8. The van der Waals surface area contributed by atoms with E-state index in [0.717, 1.165) is 0 Å². The summed E-state index contributed by atoms with van der Waals surface area (Å²) in [6.45, 7) is -0.0281. The van der Waals surface area contributed by atoms with E-state index in [1.807, 2.05) is 24.3 Å². The van der Waals surface area contributed by atoms with Crippen LogP contribution in [-0.4, -0.2) is 12.6 Å². The van der Waals surface area contributed by atoms with Crippen molar-refractivity contribution in [2.24, 2.45) is 0 Å². The molecule has 0 aliphatic rings. The number of para-hydroxylation sites is 1. The van der Waals surface area contributed by atoms with Crippen LogP contribution >= 0.6 is 0 Å². The molecule has 20 heavy (non-hydrogen) atoms. The van der Waals surface area contributed by atoms with Gasteiger partial charge in [-0.1, -0.05) is 24.3 Å². The van der Waals surface area contributed by atoms with Gasteiger partial charge in [0, 0.05) is 17.4 Å². The Morgan fingerprint density at radius 1 is 1.05 bits per heavy atom. The normalized spacial score (nSPS) is 9.35. The van der Waals surface area contributed by atoms with Crippen molar-refractivity contribution in [3.63, 3.8) is 0 Å². The second-order valence-electron chi connectivity index (χ2n) is 3.92. The number of nitrogens with one attached hydrogen (secondary N) is 2. The molecule has 0 spiro atoms. The SMILES string of the molecule is N#CCOc1cccc(NC(=O)Nc2ccccc2)c1. The molecule has 0 bridgehead atoms. The molecule has 0 fully saturated rings. The van der Waals surface area contributed by atoms with Gasteiger partial charge < -0.3 is 15.4 Å². The number of urea groups is 1. The number of hydrogen-bond acceptors (Lipinski definition) is 3. The van der Waals surface area contributed by atoms with E-state index in [1.54, 1.807) is 36.4 Å². The van der Waals surface area contributed by atoms with Crippen LogP contribution in [0, 0.1) is 11.3 Å². The number of ether oxygens (including phenoxy) is 1. The zero-order chi connectivity index (χ0) is 14.2. The number of nitriles is 1. The Morgan fingerprint density at radius 2 is 1.75 bits per heavy atom. The lowest BCUT2D eigenvalue weighted by Crippen LogP contribution is -2.19. The first kappa shape index (κ1) is 13.4. The zero-order valence-electron chi connectivity index (χ0n) is 10.7. The van der Waals surface area contributed by atoms with Crippen LogP contribution in [0.2, 0.25) is 0 Å². The highest BCUT2D eigenvalue weighted by Gasteiger charge is 2.03. The first-order valence-corrected chi connectivity index (χ1v) is 6.01. The summed E-state index contributed by atoms with van der Waals surface area (Å²) in [5, 5.41) is 13.9. The number of nitrogens with zero attached hydrogens (tertiary/aromatic N) is 1. The summed E-state index contributed by atoms with van der Waals surface area (Å²) >= 11 is 0. The maximum Gasteiger partial charge on any atom is 0.323 e. The van der Waals surface area contributed by atoms with Crippen LogP contribution < -0.4 is 15.4 Å². The fourth-order valence-corrected chi connectivity index (χ4v) is 1.59. The fourth-order valence-electron chi connectivity index (χ4n) is 1.59. The van der Waals surface area contributed by atoms with E-state index in [-0.39, 0.29) is 12.6 Å². The molecule has 2 amide bonds. The number of amides is 2. The summed E-state index contributed by atoms with van der Waals surface area (Å²) in [5.74, 6) is 0.532. The van der Waals surface area contributed by atoms with E-state index in [0.29, 0.717) is 17.1 Å². The molecule has 0 heterocycles. The van der Waals surface area contributed by atoms with Crippen LogP contribution in [0.1, 0.15) is 0 Å². The number of carbonyl (C=O) groups excluding carboxylic acids is 1. The molecule has 0 aromatic heterocycles. The summed E-state index contributed by atoms with van der Waals surface area (Å²) < 4.78 is 5.16. The van der Waals surface area contributed by atoms with Crippen molar-refractivity contribution in [2.75, 3.05) is 17.2 Å². The van der Waals surface area contributed by atoms with Crippen molar-refractivity contribution in [3.05, 3.63) is 54.6 Å². The summed E-state index contributed by atoms with van der Waals surface area (Å²) in [6.07, 6.45) is 0. The van der Waals surface area contributed by atoms with Gasteiger partial charge in [0.05, 0.1) is 0 Å². The molecule has 100 valence electrons. The van der Waals surface area contributed by atoms with Crippen LogP contribution in [0.4, 0.5) is 16.2 Å². The zero-order valence-corrected chi connectivity index (χ0v) is 10.7.